The Morgan fingerprint density at radius 3 is 2.69 bits per heavy atom. The van der Waals surface area contributed by atoms with Crippen LogP contribution in [0.15, 0.2) is 59.4 Å². The summed E-state index contributed by atoms with van der Waals surface area (Å²) in [5, 5.41) is 3.96. The molecule has 0 bridgehead atoms. The molecule has 2 amide bonds. The van der Waals surface area contributed by atoms with E-state index in [9.17, 15) is 9.59 Å². The SMILES string of the molecule is Cc1ccc2cc(CN(CCN3CCOCC3)C(=O)NCc3ccccc3)c(=O)[nH]c2c1. The third-order valence-corrected chi connectivity index (χ3v) is 5.80. The summed E-state index contributed by atoms with van der Waals surface area (Å²) in [6.45, 7) is 7.11. The van der Waals surface area contributed by atoms with Crippen LogP contribution in [0.1, 0.15) is 16.7 Å². The second-order valence-electron chi connectivity index (χ2n) is 8.23. The number of benzene rings is 2. The van der Waals surface area contributed by atoms with Crippen molar-refractivity contribution < 1.29 is 9.53 Å². The number of morpholine rings is 1. The predicted molar refractivity (Wildman–Crippen MR) is 126 cm³/mol. The number of aromatic nitrogens is 1. The predicted octanol–water partition coefficient (Wildman–Crippen LogP) is 2.88. The largest absolute Gasteiger partial charge is 0.379 e. The number of nitrogens with one attached hydrogen (secondary N) is 2. The normalized spacial score (nSPS) is 14.4. The van der Waals surface area contributed by atoms with Crippen LogP contribution in [0.4, 0.5) is 4.79 Å². The van der Waals surface area contributed by atoms with Crippen LogP contribution in [0.5, 0.6) is 0 Å². The number of nitrogens with zero attached hydrogens (tertiary/aromatic N) is 2. The fraction of sp³-hybridized carbons (Fsp3) is 0.360. The maximum atomic E-state index is 13.1. The molecule has 0 spiro atoms. The van der Waals surface area contributed by atoms with Gasteiger partial charge < -0.3 is 19.9 Å². The summed E-state index contributed by atoms with van der Waals surface area (Å²) in [5.41, 5.74) is 3.36. The van der Waals surface area contributed by atoms with Gasteiger partial charge in [-0.05, 0) is 35.6 Å². The van der Waals surface area contributed by atoms with Crippen molar-refractivity contribution in [1.82, 2.24) is 20.1 Å². The van der Waals surface area contributed by atoms with Gasteiger partial charge in [-0.3, -0.25) is 9.69 Å². The number of ether oxygens (including phenoxy) is 1. The smallest absolute Gasteiger partial charge is 0.318 e. The summed E-state index contributed by atoms with van der Waals surface area (Å²) in [5.74, 6) is 0. The first-order valence-electron chi connectivity index (χ1n) is 11.1. The molecule has 0 unspecified atom stereocenters. The fourth-order valence-corrected chi connectivity index (χ4v) is 3.91. The first kappa shape index (κ1) is 22.0. The number of hydrogen-bond donors (Lipinski definition) is 2. The van der Waals surface area contributed by atoms with E-state index in [1.165, 1.54) is 0 Å². The molecule has 1 aromatic heterocycles. The Kier molecular flexibility index (Phi) is 7.19. The first-order valence-corrected chi connectivity index (χ1v) is 11.1. The summed E-state index contributed by atoms with van der Waals surface area (Å²) >= 11 is 0. The topological polar surface area (TPSA) is 77.7 Å². The Labute approximate surface area is 188 Å². The highest BCUT2D eigenvalue weighted by atomic mass is 16.5. The van der Waals surface area contributed by atoms with Gasteiger partial charge in [0.15, 0.2) is 0 Å². The molecule has 1 aliphatic rings. The number of H-pyrrole nitrogens is 1. The molecule has 0 atom stereocenters. The molecule has 32 heavy (non-hydrogen) atoms. The lowest BCUT2D eigenvalue weighted by molar-refractivity contribution is 0.0346. The Hall–Kier alpha value is -3.16. The lowest BCUT2D eigenvalue weighted by Gasteiger charge is -2.30. The molecule has 1 aliphatic heterocycles. The monoisotopic (exact) mass is 434 g/mol. The van der Waals surface area contributed by atoms with E-state index in [2.05, 4.69) is 15.2 Å². The Bertz CT molecular complexity index is 1110. The molecular formula is C25H30N4O3. The standard InChI is InChI=1S/C25H30N4O3/c1-19-7-8-21-16-22(24(30)27-23(21)15-19)18-29(10-9-28-11-13-32-14-12-28)25(31)26-17-20-5-3-2-4-6-20/h2-8,15-16H,9-14,17-18H2,1H3,(H,26,31)(H,27,30). The zero-order valence-electron chi connectivity index (χ0n) is 18.5. The zero-order chi connectivity index (χ0) is 22.3. The van der Waals surface area contributed by atoms with Crippen LogP contribution in [-0.4, -0.2) is 60.2 Å². The molecule has 2 heterocycles. The van der Waals surface area contributed by atoms with Crippen molar-refractivity contribution in [2.45, 2.75) is 20.0 Å². The number of urea groups is 1. The zero-order valence-corrected chi connectivity index (χ0v) is 18.5. The van der Waals surface area contributed by atoms with Gasteiger partial charge in [-0.2, -0.15) is 0 Å². The number of hydrogen-bond acceptors (Lipinski definition) is 4. The van der Waals surface area contributed by atoms with Gasteiger partial charge in [0.2, 0.25) is 0 Å². The Balaban J connectivity index is 1.50. The summed E-state index contributed by atoms with van der Waals surface area (Å²) in [6.07, 6.45) is 0. The molecular weight excluding hydrogens is 404 g/mol. The van der Waals surface area contributed by atoms with Gasteiger partial charge >= 0.3 is 6.03 Å². The molecule has 1 saturated heterocycles. The lowest BCUT2D eigenvalue weighted by Crippen LogP contribution is -2.46. The van der Waals surface area contributed by atoms with Crippen LogP contribution in [0.25, 0.3) is 10.9 Å². The molecule has 4 rings (SSSR count). The Morgan fingerprint density at radius 2 is 1.91 bits per heavy atom. The quantitative estimate of drug-likeness (QED) is 0.600. The lowest BCUT2D eigenvalue weighted by atomic mass is 10.1. The van der Waals surface area contributed by atoms with E-state index in [0.29, 0.717) is 31.9 Å². The van der Waals surface area contributed by atoms with Gasteiger partial charge in [0.05, 0.1) is 19.8 Å². The molecule has 0 radical (unpaired) electrons. The third-order valence-electron chi connectivity index (χ3n) is 5.80. The van der Waals surface area contributed by atoms with E-state index < -0.39 is 0 Å². The van der Waals surface area contributed by atoms with Crippen molar-refractivity contribution in [3.8, 4) is 0 Å². The van der Waals surface area contributed by atoms with Crippen molar-refractivity contribution in [1.29, 1.82) is 0 Å². The number of carbonyl (C=O) groups excluding carboxylic acids is 1. The van der Waals surface area contributed by atoms with Crippen molar-refractivity contribution in [3.63, 3.8) is 0 Å². The Morgan fingerprint density at radius 1 is 1.12 bits per heavy atom. The van der Waals surface area contributed by atoms with Crippen LogP contribution >= 0.6 is 0 Å². The first-order chi connectivity index (χ1) is 15.6. The molecule has 7 nitrogen and oxygen atoms in total. The van der Waals surface area contributed by atoms with Crippen molar-refractivity contribution in [2.24, 2.45) is 0 Å². The molecule has 1 fully saturated rings. The van der Waals surface area contributed by atoms with Crippen LogP contribution in [-0.2, 0) is 17.8 Å². The number of amides is 2. The molecule has 3 aromatic rings. The highest BCUT2D eigenvalue weighted by Crippen LogP contribution is 2.14. The van der Waals surface area contributed by atoms with Gasteiger partial charge in [0.25, 0.3) is 5.56 Å². The van der Waals surface area contributed by atoms with Gasteiger partial charge in [-0.15, -0.1) is 0 Å². The molecule has 2 N–H and O–H groups in total. The van der Waals surface area contributed by atoms with E-state index in [0.717, 1.165) is 41.7 Å². The minimum Gasteiger partial charge on any atom is -0.379 e. The van der Waals surface area contributed by atoms with Crippen molar-refractivity contribution >= 4 is 16.9 Å². The summed E-state index contributed by atoms with van der Waals surface area (Å²) in [4.78, 5) is 32.8. The van der Waals surface area contributed by atoms with Crippen LogP contribution < -0.4 is 10.9 Å². The van der Waals surface area contributed by atoms with Crippen molar-refractivity contribution in [2.75, 3.05) is 39.4 Å². The number of rotatable bonds is 7. The molecule has 0 saturated carbocycles. The number of aryl methyl sites for hydroxylation is 1. The highest BCUT2D eigenvalue weighted by Gasteiger charge is 2.18. The fourth-order valence-electron chi connectivity index (χ4n) is 3.91. The third kappa shape index (κ3) is 5.75. The van der Waals surface area contributed by atoms with E-state index in [-0.39, 0.29) is 18.1 Å². The van der Waals surface area contributed by atoms with E-state index >= 15 is 0 Å². The van der Waals surface area contributed by atoms with E-state index in [1.807, 2.05) is 61.5 Å². The van der Waals surface area contributed by atoms with E-state index in [4.69, 9.17) is 4.74 Å². The summed E-state index contributed by atoms with van der Waals surface area (Å²) < 4.78 is 5.42. The maximum Gasteiger partial charge on any atom is 0.318 e. The molecule has 168 valence electrons. The van der Waals surface area contributed by atoms with Gasteiger partial charge in [0.1, 0.15) is 0 Å². The van der Waals surface area contributed by atoms with Gasteiger partial charge in [-0.25, -0.2) is 4.79 Å². The molecule has 0 aliphatic carbocycles. The minimum atomic E-state index is -0.175. The molecule has 7 heteroatoms. The van der Waals surface area contributed by atoms with Crippen LogP contribution in [0.2, 0.25) is 0 Å². The highest BCUT2D eigenvalue weighted by molar-refractivity contribution is 5.80. The second-order valence-corrected chi connectivity index (χ2v) is 8.23. The summed E-state index contributed by atoms with van der Waals surface area (Å²) in [7, 11) is 0. The van der Waals surface area contributed by atoms with Crippen LogP contribution in [0.3, 0.4) is 0 Å². The number of fused-ring (bicyclic) bond motifs is 1. The average Bonchev–Trinajstić information content (AvgIpc) is 2.82. The van der Waals surface area contributed by atoms with E-state index in [1.54, 1.807) is 4.90 Å². The number of carbonyl (C=O) groups is 1. The molecule has 2 aromatic carbocycles. The van der Waals surface area contributed by atoms with Gasteiger partial charge in [0, 0.05) is 43.8 Å². The minimum absolute atomic E-state index is 0.157. The van der Waals surface area contributed by atoms with Crippen LogP contribution in [0, 0.1) is 6.92 Å². The van der Waals surface area contributed by atoms with Crippen molar-refractivity contribution in [3.05, 3.63) is 81.6 Å². The number of aromatic amines is 1. The maximum absolute atomic E-state index is 13.1. The average molecular weight is 435 g/mol. The second kappa shape index (κ2) is 10.4. The van der Waals surface area contributed by atoms with Gasteiger partial charge in [-0.1, -0.05) is 42.5 Å². The number of pyridine rings is 1. The summed E-state index contributed by atoms with van der Waals surface area (Å²) in [6, 6.07) is 17.5.